The van der Waals surface area contributed by atoms with Crippen molar-refractivity contribution in [2.75, 3.05) is 0 Å². The number of carbonyl (C=O) groups excluding carboxylic acids is 1. The number of rotatable bonds is 2. The van der Waals surface area contributed by atoms with Crippen LogP contribution >= 0.6 is 24.8 Å². The molecule has 0 saturated carbocycles. The summed E-state index contributed by atoms with van der Waals surface area (Å²) in [6.45, 7) is 0. The van der Waals surface area contributed by atoms with Gasteiger partial charge in [0.15, 0.2) is 0 Å². The summed E-state index contributed by atoms with van der Waals surface area (Å²) in [4.78, 5) is 16.9. The van der Waals surface area contributed by atoms with Crippen LogP contribution in [-0.4, -0.2) is 29.0 Å². The smallest absolute Gasteiger partial charge is 0.270 e. The maximum absolute atomic E-state index is 12.6. The zero-order chi connectivity index (χ0) is 14.2. The summed E-state index contributed by atoms with van der Waals surface area (Å²) in [5.74, 6) is -0.0434. The lowest BCUT2D eigenvalue weighted by Crippen LogP contribution is -2.48. The predicted octanol–water partition coefficient (Wildman–Crippen LogP) is 3.09. The van der Waals surface area contributed by atoms with Gasteiger partial charge in [0.2, 0.25) is 0 Å². The lowest BCUT2D eigenvalue weighted by Gasteiger charge is -2.29. The molecule has 2 aliphatic rings. The third-order valence-electron chi connectivity index (χ3n) is 4.70. The molecule has 2 aromatic rings. The van der Waals surface area contributed by atoms with E-state index in [-0.39, 0.29) is 36.8 Å². The Morgan fingerprint density at radius 3 is 2.52 bits per heavy atom. The Morgan fingerprint density at radius 1 is 1.09 bits per heavy atom. The van der Waals surface area contributed by atoms with Crippen LogP contribution < -0.4 is 10.6 Å². The van der Waals surface area contributed by atoms with Gasteiger partial charge in [-0.15, -0.1) is 24.8 Å². The number of piperidine rings is 1. The van der Waals surface area contributed by atoms with Crippen molar-refractivity contribution in [1.29, 1.82) is 0 Å². The molecule has 0 spiro atoms. The van der Waals surface area contributed by atoms with E-state index in [9.17, 15) is 4.79 Å². The Bertz CT molecular complexity index is 677. The first-order valence-electron chi connectivity index (χ1n) is 7.70. The zero-order valence-electron chi connectivity index (χ0n) is 12.7. The van der Waals surface area contributed by atoms with E-state index in [0.717, 1.165) is 23.6 Å². The van der Waals surface area contributed by atoms with Crippen LogP contribution in [0.5, 0.6) is 0 Å². The molecule has 2 bridgehead atoms. The summed E-state index contributed by atoms with van der Waals surface area (Å²) >= 11 is 0. The molecule has 0 aliphatic carbocycles. The third kappa shape index (κ3) is 3.60. The van der Waals surface area contributed by atoms with Crippen molar-refractivity contribution >= 4 is 41.5 Å². The molecule has 2 aliphatic heterocycles. The normalized spacial score (nSPS) is 25.3. The number of amides is 1. The highest BCUT2D eigenvalue weighted by Crippen LogP contribution is 2.27. The highest BCUT2D eigenvalue weighted by atomic mass is 35.5. The van der Waals surface area contributed by atoms with Crippen LogP contribution in [0.1, 0.15) is 36.2 Å². The predicted molar refractivity (Wildman–Crippen MR) is 96.7 cm³/mol. The second-order valence-electron chi connectivity index (χ2n) is 6.16. The van der Waals surface area contributed by atoms with E-state index in [1.54, 1.807) is 6.20 Å². The summed E-state index contributed by atoms with van der Waals surface area (Å²) in [6.07, 6.45) is 6.26. The summed E-state index contributed by atoms with van der Waals surface area (Å²) in [5, 5.41) is 8.77. The maximum Gasteiger partial charge on any atom is 0.270 e. The second kappa shape index (κ2) is 7.47. The van der Waals surface area contributed by atoms with Gasteiger partial charge in [0.05, 0.1) is 0 Å². The van der Waals surface area contributed by atoms with Crippen molar-refractivity contribution in [3.05, 3.63) is 42.2 Å². The quantitative estimate of drug-likeness (QED) is 0.872. The first-order chi connectivity index (χ1) is 10.3. The fourth-order valence-corrected chi connectivity index (χ4v) is 3.73. The monoisotopic (exact) mass is 353 g/mol. The van der Waals surface area contributed by atoms with Crippen LogP contribution in [0.4, 0.5) is 0 Å². The van der Waals surface area contributed by atoms with Crippen LogP contribution in [0.15, 0.2) is 36.5 Å². The van der Waals surface area contributed by atoms with Gasteiger partial charge >= 0.3 is 0 Å². The van der Waals surface area contributed by atoms with Crippen LogP contribution in [0.3, 0.4) is 0 Å². The summed E-state index contributed by atoms with van der Waals surface area (Å²) in [5.41, 5.74) is 0.541. The number of pyridine rings is 1. The maximum atomic E-state index is 12.6. The van der Waals surface area contributed by atoms with Gasteiger partial charge in [-0.3, -0.25) is 9.78 Å². The van der Waals surface area contributed by atoms with Gasteiger partial charge in [-0.2, -0.15) is 0 Å². The highest BCUT2D eigenvalue weighted by molar-refractivity contribution is 6.05. The van der Waals surface area contributed by atoms with Crippen molar-refractivity contribution in [3.63, 3.8) is 0 Å². The fourth-order valence-electron chi connectivity index (χ4n) is 3.73. The zero-order valence-corrected chi connectivity index (χ0v) is 14.3. The molecule has 2 fully saturated rings. The molecule has 6 heteroatoms. The molecule has 2 N–H and O–H groups in total. The number of hydrogen-bond acceptors (Lipinski definition) is 3. The molecule has 1 aromatic heterocycles. The number of benzene rings is 1. The van der Waals surface area contributed by atoms with Gasteiger partial charge in [0, 0.05) is 29.7 Å². The van der Waals surface area contributed by atoms with E-state index in [1.165, 1.54) is 12.8 Å². The van der Waals surface area contributed by atoms with Crippen molar-refractivity contribution in [2.45, 2.75) is 43.8 Å². The van der Waals surface area contributed by atoms with Gasteiger partial charge in [-0.05, 0) is 37.1 Å². The summed E-state index contributed by atoms with van der Waals surface area (Å²) in [7, 11) is 0. The van der Waals surface area contributed by atoms with Crippen molar-refractivity contribution in [1.82, 2.24) is 15.6 Å². The van der Waals surface area contributed by atoms with Crippen molar-refractivity contribution < 1.29 is 4.79 Å². The summed E-state index contributed by atoms with van der Waals surface area (Å²) in [6, 6.07) is 11.3. The Labute approximate surface area is 148 Å². The van der Waals surface area contributed by atoms with E-state index < -0.39 is 0 Å². The molecule has 2 saturated heterocycles. The standard InChI is InChI=1S/C17H19N3O.2ClH/c21-17(20-14-9-12-5-6-13(10-14)19-12)16-15-4-2-1-3-11(15)7-8-18-16;;/h1-4,7-8,12-14,19H,5-6,9-10H2,(H,20,21);2*1H. The number of nitrogens with one attached hydrogen (secondary N) is 2. The molecule has 124 valence electrons. The van der Waals surface area contributed by atoms with E-state index in [2.05, 4.69) is 15.6 Å². The van der Waals surface area contributed by atoms with Crippen LogP contribution in [0.2, 0.25) is 0 Å². The molecule has 1 amide bonds. The van der Waals surface area contributed by atoms with Crippen LogP contribution in [0, 0.1) is 0 Å². The number of hydrogen-bond donors (Lipinski definition) is 2. The van der Waals surface area contributed by atoms with E-state index in [4.69, 9.17) is 0 Å². The van der Waals surface area contributed by atoms with Crippen molar-refractivity contribution in [2.24, 2.45) is 0 Å². The summed E-state index contributed by atoms with van der Waals surface area (Å²) < 4.78 is 0. The van der Waals surface area contributed by atoms with E-state index >= 15 is 0 Å². The van der Waals surface area contributed by atoms with E-state index in [1.807, 2.05) is 30.3 Å². The van der Waals surface area contributed by atoms with Gasteiger partial charge < -0.3 is 10.6 Å². The number of carbonyl (C=O) groups is 1. The van der Waals surface area contributed by atoms with Gasteiger partial charge in [-0.25, -0.2) is 0 Å². The Balaban J connectivity index is 0.000000960. The van der Waals surface area contributed by atoms with Crippen LogP contribution in [-0.2, 0) is 0 Å². The van der Waals surface area contributed by atoms with Gasteiger partial charge in [0.1, 0.15) is 5.69 Å². The lowest BCUT2D eigenvalue weighted by molar-refractivity contribution is 0.0921. The average molecular weight is 354 g/mol. The Morgan fingerprint density at radius 2 is 1.78 bits per heavy atom. The largest absolute Gasteiger partial charge is 0.348 e. The minimum absolute atomic E-state index is 0. The fraction of sp³-hybridized carbons (Fsp3) is 0.412. The van der Waals surface area contributed by atoms with Crippen LogP contribution in [0.25, 0.3) is 10.8 Å². The molecular formula is C17H21Cl2N3O. The Hall–Kier alpha value is -1.36. The van der Waals surface area contributed by atoms with Gasteiger partial charge in [-0.1, -0.05) is 24.3 Å². The molecule has 4 rings (SSSR count). The molecular weight excluding hydrogens is 333 g/mol. The number of fused-ring (bicyclic) bond motifs is 3. The topological polar surface area (TPSA) is 54.0 Å². The number of aromatic nitrogens is 1. The number of halogens is 2. The molecule has 2 atom stereocenters. The lowest BCUT2D eigenvalue weighted by atomic mass is 9.99. The first-order valence-corrected chi connectivity index (χ1v) is 7.70. The first kappa shape index (κ1) is 18.0. The SMILES string of the molecule is Cl.Cl.O=C(NC1CC2CCC(C1)N2)c1nccc2ccccc12. The molecule has 3 heterocycles. The Kier molecular flexibility index (Phi) is 5.84. The van der Waals surface area contributed by atoms with Gasteiger partial charge in [0.25, 0.3) is 5.91 Å². The average Bonchev–Trinajstić information content (AvgIpc) is 2.85. The molecule has 4 nitrogen and oxygen atoms in total. The minimum Gasteiger partial charge on any atom is -0.348 e. The van der Waals surface area contributed by atoms with E-state index in [0.29, 0.717) is 17.8 Å². The second-order valence-corrected chi connectivity index (χ2v) is 6.16. The number of nitrogens with zero attached hydrogens (tertiary/aromatic N) is 1. The molecule has 23 heavy (non-hydrogen) atoms. The molecule has 2 unspecified atom stereocenters. The minimum atomic E-state index is -0.0434. The highest BCUT2D eigenvalue weighted by Gasteiger charge is 2.34. The third-order valence-corrected chi connectivity index (χ3v) is 4.70. The molecule has 0 radical (unpaired) electrons. The van der Waals surface area contributed by atoms with Crippen molar-refractivity contribution in [3.8, 4) is 0 Å². The molecule has 1 aromatic carbocycles.